The fraction of sp³-hybridized carbons (Fsp3) is 0.294. The van der Waals surface area contributed by atoms with Crippen LogP contribution in [0.25, 0.3) is 0 Å². The molecule has 3 rings (SSSR count). The van der Waals surface area contributed by atoms with E-state index in [-0.39, 0.29) is 11.9 Å². The number of nitrogens with one attached hydrogen (secondary N) is 1. The van der Waals surface area contributed by atoms with Crippen LogP contribution in [0.1, 0.15) is 34.8 Å². The van der Waals surface area contributed by atoms with E-state index in [1.54, 1.807) is 19.2 Å². The molecule has 1 heterocycles. The molecular weight excluding hydrogens is 300 g/mol. The van der Waals surface area contributed by atoms with Crippen molar-refractivity contribution in [3.05, 3.63) is 58.9 Å². The Balaban J connectivity index is 1.78. The summed E-state index contributed by atoms with van der Waals surface area (Å²) in [5, 5.41) is 3.43. The highest BCUT2D eigenvalue weighted by Crippen LogP contribution is 2.41. The normalized spacial score (nSPS) is 15.2. The molecule has 0 bridgehead atoms. The van der Waals surface area contributed by atoms with Crippen molar-refractivity contribution in [3.8, 4) is 5.75 Å². The average Bonchev–Trinajstić information content (AvgIpc) is 3.37. The van der Waals surface area contributed by atoms with Gasteiger partial charge >= 0.3 is 0 Å². The molecule has 1 saturated carbocycles. The van der Waals surface area contributed by atoms with Gasteiger partial charge in [-0.15, -0.1) is 0 Å². The van der Waals surface area contributed by atoms with E-state index in [0.717, 1.165) is 24.2 Å². The molecule has 1 amide bonds. The van der Waals surface area contributed by atoms with Crippen LogP contribution in [0, 0.1) is 5.92 Å². The van der Waals surface area contributed by atoms with Crippen LogP contribution in [-0.4, -0.2) is 18.0 Å². The summed E-state index contributed by atoms with van der Waals surface area (Å²) >= 11 is 5.85. The summed E-state index contributed by atoms with van der Waals surface area (Å²) < 4.78 is 5.18. The van der Waals surface area contributed by atoms with E-state index in [2.05, 4.69) is 10.3 Å². The highest BCUT2D eigenvalue weighted by Gasteiger charge is 2.33. The highest BCUT2D eigenvalue weighted by atomic mass is 35.5. The summed E-state index contributed by atoms with van der Waals surface area (Å²) in [7, 11) is 1.64. The van der Waals surface area contributed by atoms with Crippen LogP contribution in [0.3, 0.4) is 0 Å². The number of carbonyl (C=O) groups excluding carboxylic acids is 1. The largest absolute Gasteiger partial charge is 0.497 e. The molecule has 1 atom stereocenters. The number of halogens is 1. The lowest BCUT2D eigenvalue weighted by molar-refractivity contribution is 0.0931. The van der Waals surface area contributed by atoms with Gasteiger partial charge in [0.05, 0.1) is 13.2 Å². The van der Waals surface area contributed by atoms with E-state index in [0.29, 0.717) is 16.6 Å². The van der Waals surface area contributed by atoms with Crippen molar-refractivity contribution in [2.45, 2.75) is 18.9 Å². The molecule has 22 heavy (non-hydrogen) atoms. The van der Waals surface area contributed by atoms with Crippen LogP contribution in [-0.2, 0) is 0 Å². The number of methoxy groups -OCH3 is 1. The SMILES string of the molecule is COc1ccc([C@H](NC(=O)c2ccnc(Cl)c2)C2CC2)cc1. The van der Waals surface area contributed by atoms with Gasteiger partial charge in [0.1, 0.15) is 10.9 Å². The molecule has 1 fully saturated rings. The third-order valence-corrected chi connectivity index (χ3v) is 4.05. The minimum Gasteiger partial charge on any atom is -0.497 e. The predicted molar refractivity (Wildman–Crippen MR) is 85.2 cm³/mol. The maximum absolute atomic E-state index is 12.4. The molecule has 0 spiro atoms. The zero-order chi connectivity index (χ0) is 15.5. The van der Waals surface area contributed by atoms with Gasteiger partial charge in [0.15, 0.2) is 0 Å². The summed E-state index contributed by atoms with van der Waals surface area (Å²) in [5.41, 5.74) is 1.62. The average molecular weight is 317 g/mol. The van der Waals surface area contributed by atoms with Gasteiger partial charge in [0.2, 0.25) is 0 Å². The van der Waals surface area contributed by atoms with Gasteiger partial charge in [-0.3, -0.25) is 4.79 Å². The van der Waals surface area contributed by atoms with Crippen molar-refractivity contribution in [3.63, 3.8) is 0 Å². The number of amides is 1. The third-order valence-electron chi connectivity index (χ3n) is 3.84. The number of benzene rings is 1. The topological polar surface area (TPSA) is 51.2 Å². The van der Waals surface area contributed by atoms with Crippen LogP contribution in [0.5, 0.6) is 5.75 Å². The third kappa shape index (κ3) is 3.39. The second kappa shape index (κ2) is 6.36. The lowest BCUT2D eigenvalue weighted by Crippen LogP contribution is -2.29. The first kappa shape index (κ1) is 14.9. The number of hydrogen-bond acceptors (Lipinski definition) is 3. The van der Waals surface area contributed by atoms with E-state index in [9.17, 15) is 4.79 Å². The zero-order valence-corrected chi connectivity index (χ0v) is 13.0. The fourth-order valence-corrected chi connectivity index (χ4v) is 2.66. The highest BCUT2D eigenvalue weighted by molar-refractivity contribution is 6.29. The Bertz CT molecular complexity index is 669. The molecule has 2 aromatic rings. The molecule has 1 aliphatic carbocycles. The summed E-state index contributed by atoms with van der Waals surface area (Å²) in [5.74, 6) is 1.18. The van der Waals surface area contributed by atoms with E-state index in [4.69, 9.17) is 16.3 Å². The molecule has 1 N–H and O–H groups in total. The summed E-state index contributed by atoms with van der Waals surface area (Å²) in [6, 6.07) is 11.1. The van der Waals surface area contributed by atoms with Crippen LogP contribution in [0.4, 0.5) is 0 Å². The minimum atomic E-state index is -0.128. The zero-order valence-electron chi connectivity index (χ0n) is 12.3. The molecule has 4 nitrogen and oxygen atoms in total. The van der Waals surface area contributed by atoms with Gasteiger partial charge in [0, 0.05) is 11.8 Å². The predicted octanol–water partition coefficient (Wildman–Crippen LogP) is 3.62. The van der Waals surface area contributed by atoms with E-state index >= 15 is 0 Å². The van der Waals surface area contributed by atoms with Crippen LogP contribution in [0.2, 0.25) is 5.15 Å². The smallest absolute Gasteiger partial charge is 0.251 e. The first-order valence-corrected chi connectivity index (χ1v) is 7.61. The lowest BCUT2D eigenvalue weighted by Gasteiger charge is -2.19. The molecule has 1 aromatic heterocycles. The van der Waals surface area contributed by atoms with Crippen molar-refractivity contribution in [1.82, 2.24) is 10.3 Å². The maximum atomic E-state index is 12.4. The number of rotatable bonds is 5. The van der Waals surface area contributed by atoms with Crippen molar-refractivity contribution < 1.29 is 9.53 Å². The van der Waals surface area contributed by atoms with Crippen molar-refractivity contribution >= 4 is 17.5 Å². The molecule has 5 heteroatoms. The Labute approximate surface area is 134 Å². The molecular formula is C17H17ClN2O2. The summed E-state index contributed by atoms with van der Waals surface area (Å²) in [6.45, 7) is 0. The Morgan fingerprint density at radius 3 is 2.64 bits per heavy atom. The van der Waals surface area contributed by atoms with Crippen molar-refractivity contribution in [2.75, 3.05) is 7.11 Å². The summed E-state index contributed by atoms with van der Waals surface area (Å²) in [4.78, 5) is 16.3. The number of pyridine rings is 1. The van der Waals surface area contributed by atoms with Gasteiger partial charge < -0.3 is 10.1 Å². The maximum Gasteiger partial charge on any atom is 0.251 e. The molecule has 0 aliphatic heterocycles. The van der Waals surface area contributed by atoms with E-state index in [1.165, 1.54) is 6.20 Å². The van der Waals surface area contributed by atoms with E-state index < -0.39 is 0 Å². The molecule has 1 aromatic carbocycles. The second-order valence-electron chi connectivity index (χ2n) is 5.43. The quantitative estimate of drug-likeness (QED) is 0.857. The van der Waals surface area contributed by atoms with Crippen LogP contribution in [0.15, 0.2) is 42.6 Å². The van der Waals surface area contributed by atoms with Crippen LogP contribution >= 0.6 is 11.6 Å². The first-order chi connectivity index (χ1) is 10.7. The fourth-order valence-electron chi connectivity index (χ4n) is 2.48. The van der Waals surface area contributed by atoms with Gasteiger partial charge in [-0.2, -0.15) is 0 Å². The number of aromatic nitrogens is 1. The monoisotopic (exact) mass is 316 g/mol. The molecule has 0 radical (unpaired) electrons. The Kier molecular flexibility index (Phi) is 4.29. The van der Waals surface area contributed by atoms with E-state index in [1.807, 2.05) is 24.3 Å². The molecule has 114 valence electrons. The first-order valence-electron chi connectivity index (χ1n) is 7.24. The molecule has 0 saturated heterocycles. The standard InChI is InChI=1S/C17H17ClN2O2/c1-22-14-6-4-12(5-7-14)16(11-2-3-11)20-17(21)13-8-9-19-15(18)10-13/h4-11,16H,2-3H2,1H3,(H,20,21)/t16-/m1/s1. The number of ether oxygens (including phenoxy) is 1. The van der Waals surface area contributed by atoms with Gasteiger partial charge in [-0.05, 0) is 48.6 Å². The Morgan fingerprint density at radius 1 is 1.32 bits per heavy atom. The number of nitrogens with zero attached hydrogens (tertiary/aromatic N) is 1. The number of hydrogen-bond donors (Lipinski definition) is 1. The summed E-state index contributed by atoms with van der Waals surface area (Å²) in [6.07, 6.45) is 3.80. The molecule has 0 unspecified atom stereocenters. The van der Waals surface area contributed by atoms with Gasteiger partial charge in [-0.1, -0.05) is 23.7 Å². The Morgan fingerprint density at radius 2 is 2.05 bits per heavy atom. The Hall–Kier alpha value is -2.07. The minimum absolute atomic E-state index is 0.0188. The van der Waals surface area contributed by atoms with Crippen molar-refractivity contribution in [1.29, 1.82) is 0 Å². The van der Waals surface area contributed by atoms with Gasteiger partial charge in [0.25, 0.3) is 5.91 Å². The number of carbonyl (C=O) groups is 1. The van der Waals surface area contributed by atoms with Crippen LogP contribution < -0.4 is 10.1 Å². The second-order valence-corrected chi connectivity index (χ2v) is 5.82. The van der Waals surface area contributed by atoms with Crippen molar-refractivity contribution in [2.24, 2.45) is 5.92 Å². The lowest BCUT2D eigenvalue weighted by atomic mass is 10.0. The van der Waals surface area contributed by atoms with Gasteiger partial charge in [-0.25, -0.2) is 4.98 Å². The molecule has 1 aliphatic rings.